The molecule has 2 aliphatic rings. The Morgan fingerprint density at radius 3 is 2.79 bits per heavy atom. The van der Waals surface area contributed by atoms with Gasteiger partial charge in [0.25, 0.3) is 0 Å². The lowest BCUT2D eigenvalue weighted by Crippen LogP contribution is -2.47. The van der Waals surface area contributed by atoms with Gasteiger partial charge in [0.1, 0.15) is 5.76 Å². The summed E-state index contributed by atoms with van der Waals surface area (Å²) in [5.74, 6) is 2.78. The Bertz CT molecular complexity index is 430. The van der Waals surface area contributed by atoms with Gasteiger partial charge in [0.15, 0.2) is 5.96 Å². The van der Waals surface area contributed by atoms with Crippen molar-refractivity contribution in [1.29, 1.82) is 0 Å². The van der Waals surface area contributed by atoms with Gasteiger partial charge in [-0.2, -0.15) is 0 Å². The smallest absolute Gasteiger partial charge is 0.191 e. The fourth-order valence-corrected chi connectivity index (χ4v) is 3.12. The molecule has 2 saturated carbocycles. The molecule has 2 fully saturated rings. The minimum Gasteiger partial charge on any atom is -0.467 e. The molecule has 104 valence electrons. The summed E-state index contributed by atoms with van der Waals surface area (Å²) in [5, 5.41) is 6.79. The Morgan fingerprint density at radius 2 is 2.26 bits per heavy atom. The third kappa shape index (κ3) is 2.77. The van der Waals surface area contributed by atoms with E-state index in [1.807, 2.05) is 19.2 Å². The predicted molar refractivity (Wildman–Crippen MR) is 75.9 cm³/mol. The molecule has 19 heavy (non-hydrogen) atoms. The van der Waals surface area contributed by atoms with Crippen LogP contribution in [0.5, 0.6) is 0 Å². The van der Waals surface area contributed by atoms with Crippen molar-refractivity contribution in [2.45, 2.75) is 38.6 Å². The van der Waals surface area contributed by atoms with Crippen molar-refractivity contribution in [3.8, 4) is 0 Å². The van der Waals surface area contributed by atoms with Crippen LogP contribution in [-0.2, 0) is 6.54 Å². The number of nitrogens with zero attached hydrogens (tertiary/aromatic N) is 1. The number of hydrogen-bond acceptors (Lipinski definition) is 2. The molecule has 2 N–H and O–H groups in total. The maximum absolute atomic E-state index is 5.31. The predicted octanol–water partition coefficient (Wildman–Crippen LogP) is 2.52. The van der Waals surface area contributed by atoms with Gasteiger partial charge < -0.3 is 15.1 Å². The third-order valence-electron chi connectivity index (χ3n) is 4.63. The van der Waals surface area contributed by atoms with Crippen LogP contribution in [0.3, 0.4) is 0 Å². The summed E-state index contributed by atoms with van der Waals surface area (Å²) in [6.45, 7) is 1.75. The van der Waals surface area contributed by atoms with E-state index in [1.54, 1.807) is 6.26 Å². The fourth-order valence-electron chi connectivity index (χ4n) is 3.12. The molecule has 0 spiro atoms. The van der Waals surface area contributed by atoms with E-state index in [0.717, 1.165) is 24.2 Å². The van der Waals surface area contributed by atoms with Crippen LogP contribution in [0.2, 0.25) is 0 Å². The van der Waals surface area contributed by atoms with Gasteiger partial charge in [0, 0.05) is 13.6 Å². The normalized spacial score (nSPS) is 21.8. The van der Waals surface area contributed by atoms with Crippen LogP contribution in [0.25, 0.3) is 0 Å². The summed E-state index contributed by atoms with van der Waals surface area (Å²) >= 11 is 0. The van der Waals surface area contributed by atoms with Gasteiger partial charge >= 0.3 is 0 Å². The number of guanidine groups is 1. The molecule has 0 amide bonds. The van der Waals surface area contributed by atoms with Crippen molar-refractivity contribution in [3.63, 3.8) is 0 Å². The Kier molecular flexibility index (Phi) is 3.49. The van der Waals surface area contributed by atoms with Gasteiger partial charge in [-0.15, -0.1) is 0 Å². The van der Waals surface area contributed by atoms with Crippen LogP contribution in [0.1, 0.15) is 37.9 Å². The number of rotatable bonds is 5. The van der Waals surface area contributed by atoms with Crippen molar-refractivity contribution >= 4 is 5.96 Å². The minimum absolute atomic E-state index is 0.572. The third-order valence-corrected chi connectivity index (χ3v) is 4.63. The summed E-state index contributed by atoms with van der Waals surface area (Å²) in [5.41, 5.74) is 0.572. The molecular weight excluding hydrogens is 238 g/mol. The van der Waals surface area contributed by atoms with E-state index in [4.69, 9.17) is 4.42 Å². The molecule has 1 aromatic heterocycles. The summed E-state index contributed by atoms with van der Waals surface area (Å²) < 4.78 is 5.31. The van der Waals surface area contributed by atoms with Crippen molar-refractivity contribution in [1.82, 2.24) is 10.6 Å². The first-order chi connectivity index (χ1) is 9.32. The molecule has 0 unspecified atom stereocenters. The summed E-state index contributed by atoms with van der Waals surface area (Å²) in [7, 11) is 1.82. The van der Waals surface area contributed by atoms with Crippen LogP contribution in [0.4, 0.5) is 0 Å². The van der Waals surface area contributed by atoms with Gasteiger partial charge in [-0.05, 0) is 49.1 Å². The molecule has 0 saturated heterocycles. The molecule has 4 nitrogen and oxygen atoms in total. The second-order valence-corrected chi connectivity index (χ2v) is 5.85. The summed E-state index contributed by atoms with van der Waals surface area (Å²) in [6, 6.07) is 3.88. The van der Waals surface area contributed by atoms with E-state index in [-0.39, 0.29) is 0 Å². The molecule has 4 heteroatoms. The van der Waals surface area contributed by atoms with Gasteiger partial charge in [-0.3, -0.25) is 4.99 Å². The van der Waals surface area contributed by atoms with Crippen LogP contribution >= 0.6 is 0 Å². The molecule has 0 bridgehead atoms. The molecule has 0 atom stereocenters. The highest BCUT2D eigenvalue weighted by Gasteiger charge is 2.48. The summed E-state index contributed by atoms with van der Waals surface area (Å²) in [6.07, 6.45) is 8.74. The highest BCUT2D eigenvalue weighted by atomic mass is 16.3. The lowest BCUT2D eigenvalue weighted by Gasteiger charge is -2.43. The van der Waals surface area contributed by atoms with E-state index in [1.165, 1.54) is 32.1 Å². The highest BCUT2D eigenvalue weighted by Crippen LogP contribution is 2.56. The zero-order valence-electron chi connectivity index (χ0n) is 11.6. The number of aliphatic imine (C=N–C) groups is 1. The second-order valence-electron chi connectivity index (χ2n) is 5.85. The van der Waals surface area contributed by atoms with Crippen LogP contribution in [0, 0.1) is 11.3 Å². The zero-order valence-corrected chi connectivity index (χ0v) is 11.6. The van der Waals surface area contributed by atoms with Crippen LogP contribution in [-0.4, -0.2) is 19.6 Å². The molecule has 2 aliphatic carbocycles. The topological polar surface area (TPSA) is 49.6 Å². The molecule has 1 aromatic rings. The Hall–Kier alpha value is -1.45. The summed E-state index contributed by atoms with van der Waals surface area (Å²) in [4.78, 5) is 4.28. The van der Waals surface area contributed by atoms with E-state index < -0.39 is 0 Å². The van der Waals surface area contributed by atoms with Gasteiger partial charge in [0.2, 0.25) is 0 Å². The maximum Gasteiger partial charge on any atom is 0.191 e. The monoisotopic (exact) mass is 261 g/mol. The van der Waals surface area contributed by atoms with Gasteiger partial charge in [-0.1, -0.05) is 6.42 Å². The van der Waals surface area contributed by atoms with Crippen molar-refractivity contribution in [2.75, 3.05) is 13.6 Å². The first-order valence-electron chi connectivity index (χ1n) is 7.29. The minimum atomic E-state index is 0.572. The van der Waals surface area contributed by atoms with Crippen LogP contribution in [0.15, 0.2) is 27.8 Å². The van der Waals surface area contributed by atoms with E-state index in [9.17, 15) is 0 Å². The Morgan fingerprint density at radius 1 is 1.42 bits per heavy atom. The standard InChI is InChI=1S/C15H23N3O/c1-16-14(17-10-13-4-2-9-19-13)18-11-15(7-3-8-15)12-5-6-12/h2,4,9,12H,3,5-8,10-11H2,1H3,(H2,16,17,18). The average molecular weight is 261 g/mol. The van der Waals surface area contributed by atoms with Crippen molar-refractivity contribution < 1.29 is 4.42 Å². The lowest BCUT2D eigenvalue weighted by atomic mass is 9.65. The number of hydrogen-bond donors (Lipinski definition) is 2. The fraction of sp³-hybridized carbons (Fsp3) is 0.667. The van der Waals surface area contributed by atoms with Crippen molar-refractivity contribution in [3.05, 3.63) is 24.2 Å². The SMILES string of the molecule is CN=C(NCc1ccco1)NCC1(C2CC2)CCC1. The second kappa shape index (κ2) is 5.27. The number of furan rings is 1. The zero-order chi connectivity index (χ0) is 13.1. The maximum atomic E-state index is 5.31. The Labute approximate surface area is 114 Å². The van der Waals surface area contributed by atoms with Crippen molar-refractivity contribution in [2.24, 2.45) is 16.3 Å². The highest BCUT2D eigenvalue weighted by molar-refractivity contribution is 5.79. The van der Waals surface area contributed by atoms with Gasteiger partial charge in [-0.25, -0.2) is 0 Å². The molecule has 0 aromatic carbocycles. The molecule has 1 heterocycles. The first-order valence-corrected chi connectivity index (χ1v) is 7.29. The largest absolute Gasteiger partial charge is 0.467 e. The molecule has 0 aliphatic heterocycles. The number of nitrogens with one attached hydrogen (secondary N) is 2. The first kappa shape index (κ1) is 12.6. The molecule has 0 radical (unpaired) electrons. The van der Waals surface area contributed by atoms with Gasteiger partial charge in [0.05, 0.1) is 12.8 Å². The average Bonchev–Trinajstić information content (AvgIpc) is 3.08. The Balaban J connectivity index is 1.47. The lowest BCUT2D eigenvalue weighted by molar-refractivity contribution is 0.106. The quantitative estimate of drug-likeness (QED) is 0.632. The molecule has 3 rings (SSSR count). The van der Waals surface area contributed by atoms with E-state index in [2.05, 4.69) is 15.6 Å². The molecular formula is C15H23N3O. The van der Waals surface area contributed by atoms with E-state index in [0.29, 0.717) is 12.0 Å². The van der Waals surface area contributed by atoms with E-state index >= 15 is 0 Å². The van der Waals surface area contributed by atoms with Crippen LogP contribution < -0.4 is 10.6 Å².